The zero-order valence-corrected chi connectivity index (χ0v) is 14.2. The van der Waals surface area contributed by atoms with E-state index in [-0.39, 0.29) is 0 Å². The van der Waals surface area contributed by atoms with Crippen molar-refractivity contribution in [2.24, 2.45) is 7.05 Å². The first kappa shape index (κ1) is 14.6. The molecule has 0 amide bonds. The fraction of sp³-hybridized carbons (Fsp3) is 0.438. The van der Waals surface area contributed by atoms with E-state index in [1.54, 1.807) is 17.7 Å². The molecule has 0 bridgehead atoms. The Labute approximate surface area is 139 Å². The van der Waals surface area contributed by atoms with Crippen LogP contribution in [0.2, 0.25) is 0 Å². The summed E-state index contributed by atoms with van der Waals surface area (Å²) in [4.78, 5) is 18.2. The van der Waals surface area contributed by atoms with Crippen LogP contribution in [0.15, 0.2) is 30.2 Å². The van der Waals surface area contributed by atoms with Crippen LogP contribution < -0.4 is 4.90 Å². The summed E-state index contributed by atoms with van der Waals surface area (Å²) in [5.41, 5.74) is 1.04. The van der Waals surface area contributed by atoms with E-state index < -0.39 is 0 Å². The van der Waals surface area contributed by atoms with E-state index in [1.165, 1.54) is 4.70 Å². The Morgan fingerprint density at radius 2 is 2.17 bits per heavy atom. The molecule has 1 atom stereocenters. The molecule has 1 unspecified atom stereocenters. The van der Waals surface area contributed by atoms with Crippen LogP contribution >= 0.6 is 11.3 Å². The Bertz CT molecular complexity index is 810. The number of hydrogen-bond donors (Lipinski definition) is 0. The molecule has 0 spiro atoms. The summed E-state index contributed by atoms with van der Waals surface area (Å²) in [7, 11) is 2.05. The van der Waals surface area contributed by atoms with Crippen LogP contribution in [0.4, 0.5) is 5.82 Å². The van der Waals surface area contributed by atoms with Gasteiger partial charge >= 0.3 is 0 Å². The van der Waals surface area contributed by atoms with Gasteiger partial charge < -0.3 is 9.47 Å². The third kappa shape index (κ3) is 2.70. The number of nitrogens with zero attached hydrogens (tertiary/aromatic N) is 6. The lowest BCUT2D eigenvalue weighted by Crippen LogP contribution is -2.52. The lowest BCUT2D eigenvalue weighted by atomic mass is 10.2. The Kier molecular flexibility index (Phi) is 3.74. The van der Waals surface area contributed by atoms with Gasteiger partial charge in [-0.05, 0) is 18.4 Å². The molecule has 7 heteroatoms. The first-order valence-corrected chi connectivity index (χ1v) is 8.74. The van der Waals surface area contributed by atoms with E-state index in [2.05, 4.69) is 54.7 Å². The van der Waals surface area contributed by atoms with Crippen molar-refractivity contribution >= 4 is 27.4 Å². The quantitative estimate of drug-likeness (QED) is 0.737. The highest BCUT2D eigenvalue weighted by Gasteiger charge is 2.26. The average Bonchev–Trinajstić information content (AvgIpc) is 3.18. The Hall–Kier alpha value is -1.99. The number of hydrogen-bond acceptors (Lipinski definition) is 6. The first-order chi connectivity index (χ1) is 11.2. The Balaban J connectivity index is 1.51. The van der Waals surface area contributed by atoms with Gasteiger partial charge in [0.05, 0.1) is 16.8 Å². The van der Waals surface area contributed by atoms with Crippen LogP contribution in [-0.2, 0) is 13.6 Å². The topological polar surface area (TPSA) is 50.1 Å². The van der Waals surface area contributed by atoms with E-state index in [9.17, 15) is 0 Å². The van der Waals surface area contributed by atoms with Gasteiger partial charge in [-0.25, -0.2) is 15.0 Å². The maximum atomic E-state index is 4.54. The van der Waals surface area contributed by atoms with Crippen molar-refractivity contribution in [2.75, 3.05) is 24.5 Å². The Morgan fingerprint density at radius 1 is 1.26 bits per heavy atom. The number of anilines is 1. The van der Waals surface area contributed by atoms with Gasteiger partial charge in [-0.3, -0.25) is 4.90 Å². The summed E-state index contributed by atoms with van der Waals surface area (Å²) in [5.74, 6) is 2.20. The number of piperazine rings is 1. The van der Waals surface area contributed by atoms with E-state index >= 15 is 0 Å². The number of imidazole rings is 1. The molecular weight excluding hydrogens is 308 g/mol. The van der Waals surface area contributed by atoms with Gasteiger partial charge in [0.1, 0.15) is 18.0 Å². The normalized spacial score (nSPS) is 19.6. The van der Waals surface area contributed by atoms with Crippen LogP contribution in [0.25, 0.3) is 10.2 Å². The smallest absolute Gasteiger partial charge is 0.150 e. The molecule has 0 radical (unpaired) electrons. The molecule has 6 nitrogen and oxygen atoms in total. The number of aryl methyl sites for hydroxylation is 1. The number of rotatable bonds is 3. The minimum absolute atomic E-state index is 0.463. The number of aromatic nitrogens is 4. The number of thiophene rings is 1. The lowest BCUT2D eigenvalue weighted by molar-refractivity contribution is 0.175. The largest absolute Gasteiger partial charge is 0.352 e. The zero-order valence-electron chi connectivity index (χ0n) is 13.4. The second-order valence-corrected chi connectivity index (χ2v) is 6.97. The molecule has 0 N–H and O–H groups in total. The minimum atomic E-state index is 0.463. The van der Waals surface area contributed by atoms with E-state index in [4.69, 9.17) is 0 Å². The SMILES string of the molecule is CC1CN(c2ncnc3ccsc23)CCN1Cc1nccn1C. The predicted octanol–water partition coefficient (Wildman–Crippen LogP) is 2.14. The summed E-state index contributed by atoms with van der Waals surface area (Å²) < 4.78 is 3.29. The van der Waals surface area contributed by atoms with Crippen molar-refractivity contribution < 1.29 is 0 Å². The van der Waals surface area contributed by atoms with E-state index in [0.29, 0.717) is 6.04 Å². The Morgan fingerprint density at radius 3 is 2.96 bits per heavy atom. The molecular formula is C16H20N6S. The van der Waals surface area contributed by atoms with Crippen LogP contribution in [0.1, 0.15) is 12.7 Å². The van der Waals surface area contributed by atoms with Crippen molar-refractivity contribution in [3.63, 3.8) is 0 Å². The van der Waals surface area contributed by atoms with Crippen LogP contribution in [0.5, 0.6) is 0 Å². The average molecular weight is 328 g/mol. The maximum absolute atomic E-state index is 4.54. The predicted molar refractivity (Wildman–Crippen MR) is 92.7 cm³/mol. The third-order valence-electron chi connectivity index (χ3n) is 4.55. The highest BCUT2D eigenvalue weighted by Crippen LogP contribution is 2.29. The summed E-state index contributed by atoms with van der Waals surface area (Å²) in [5, 5.41) is 2.09. The molecule has 1 fully saturated rings. The molecule has 1 saturated heterocycles. The van der Waals surface area contributed by atoms with E-state index in [0.717, 1.165) is 43.3 Å². The summed E-state index contributed by atoms with van der Waals surface area (Å²) in [6.07, 6.45) is 5.55. The summed E-state index contributed by atoms with van der Waals surface area (Å²) in [6.45, 7) is 6.16. The summed E-state index contributed by atoms with van der Waals surface area (Å²) >= 11 is 1.72. The second kappa shape index (κ2) is 5.90. The molecule has 0 aromatic carbocycles. The van der Waals surface area contributed by atoms with Crippen molar-refractivity contribution in [2.45, 2.75) is 19.5 Å². The van der Waals surface area contributed by atoms with Gasteiger partial charge in [0.15, 0.2) is 0 Å². The van der Waals surface area contributed by atoms with Crippen molar-refractivity contribution in [1.29, 1.82) is 0 Å². The molecule has 0 saturated carbocycles. The first-order valence-electron chi connectivity index (χ1n) is 7.86. The molecule has 120 valence electrons. The standard InChI is InChI=1S/C16H20N6S/c1-12-9-22(16-15-13(3-8-23-15)18-11-19-16)7-6-21(12)10-14-17-4-5-20(14)2/h3-5,8,11-12H,6-7,9-10H2,1-2H3. The monoisotopic (exact) mass is 328 g/mol. The van der Waals surface area contributed by atoms with Gasteiger partial charge in [-0.15, -0.1) is 11.3 Å². The van der Waals surface area contributed by atoms with Gasteiger partial charge in [0, 0.05) is 45.1 Å². The van der Waals surface area contributed by atoms with Gasteiger partial charge in [-0.2, -0.15) is 0 Å². The van der Waals surface area contributed by atoms with Crippen molar-refractivity contribution in [3.05, 3.63) is 36.0 Å². The minimum Gasteiger partial charge on any atom is -0.352 e. The third-order valence-corrected chi connectivity index (χ3v) is 5.45. The molecule has 3 aromatic heterocycles. The highest BCUT2D eigenvalue weighted by atomic mass is 32.1. The molecule has 3 aromatic rings. The van der Waals surface area contributed by atoms with Gasteiger partial charge in [0.2, 0.25) is 0 Å². The lowest BCUT2D eigenvalue weighted by Gasteiger charge is -2.40. The maximum Gasteiger partial charge on any atom is 0.150 e. The van der Waals surface area contributed by atoms with Crippen molar-refractivity contribution in [1.82, 2.24) is 24.4 Å². The molecule has 1 aliphatic rings. The fourth-order valence-electron chi connectivity index (χ4n) is 3.15. The summed E-state index contributed by atoms with van der Waals surface area (Å²) in [6, 6.07) is 2.52. The van der Waals surface area contributed by atoms with Crippen LogP contribution in [0, 0.1) is 0 Å². The van der Waals surface area contributed by atoms with E-state index in [1.807, 2.05) is 12.4 Å². The molecule has 23 heavy (non-hydrogen) atoms. The second-order valence-electron chi connectivity index (χ2n) is 6.05. The molecule has 4 rings (SSSR count). The molecule has 4 heterocycles. The number of fused-ring (bicyclic) bond motifs is 1. The highest BCUT2D eigenvalue weighted by molar-refractivity contribution is 7.17. The van der Waals surface area contributed by atoms with Gasteiger partial charge in [-0.1, -0.05) is 0 Å². The fourth-order valence-corrected chi connectivity index (χ4v) is 4.02. The van der Waals surface area contributed by atoms with Crippen LogP contribution in [-0.4, -0.2) is 50.1 Å². The van der Waals surface area contributed by atoms with Crippen LogP contribution in [0.3, 0.4) is 0 Å². The van der Waals surface area contributed by atoms with Crippen molar-refractivity contribution in [3.8, 4) is 0 Å². The molecule has 1 aliphatic heterocycles. The van der Waals surface area contributed by atoms with Gasteiger partial charge in [0.25, 0.3) is 0 Å². The zero-order chi connectivity index (χ0) is 15.8. The molecule has 0 aliphatic carbocycles.